The average molecular weight is 855 g/mol. The molecule has 0 aliphatic carbocycles. The van der Waals surface area contributed by atoms with E-state index in [4.69, 9.17) is 9.72 Å². The van der Waals surface area contributed by atoms with Crippen molar-refractivity contribution in [3.8, 4) is 28.1 Å². The van der Waals surface area contributed by atoms with E-state index in [0.717, 1.165) is 6.07 Å². The monoisotopic (exact) mass is 854 g/mol. The Morgan fingerprint density at radius 2 is 1.72 bits per heavy atom. The number of carbonyl (C=O) groups is 4. The summed E-state index contributed by atoms with van der Waals surface area (Å²) in [6.07, 6.45) is -0.847. The summed E-state index contributed by atoms with van der Waals surface area (Å²) in [5.41, 5.74) is 1.23. The summed E-state index contributed by atoms with van der Waals surface area (Å²) < 4.78 is 62.6. The molecular formula is C41H49F3N8O7S. The third kappa shape index (κ3) is 11.7. The standard InChI is InChI=1S/C41H49F3N8O7S/c1-23(2)34(51-39(56)58-6)37(54)52-22-28(60(7)57)19-31(52)35-48-21-30(50-35)25-10-8-24(9-11-25)29-14-12-26(18-32(29)59-41(42,43)44)36(53)49-27-13-15-33(47-20-27)45-16-17-46-38(55)40(3,4)5/h8-15,18,20-21,23,28,31,34H,16-17,19,22H2,1-7H3,(H,45,47)(H,46,55)(H,48,50)(H,49,53)(H,51,56)/t28-,31-,34-,60?/m0/s1. The molecule has 60 heavy (non-hydrogen) atoms. The van der Waals surface area contributed by atoms with Crippen LogP contribution in [0.1, 0.15) is 63.3 Å². The molecule has 19 heteroatoms. The number of hydrogen-bond acceptors (Lipinski definition) is 10. The lowest BCUT2D eigenvalue weighted by Crippen LogP contribution is -2.51. The van der Waals surface area contributed by atoms with E-state index in [-0.39, 0.29) is 40.7 Å². The molecule has 322 valence electrons. The number of nitrogens with one attached hydrogen (secondary N) is 5. The molecule has 4 amide bonds. The van der Waals surface area contributed by atoms with Gasteiger partial charge in [-0.05, 0) is 41.8 Å². The van der Waals surface area contributed by atoms with Crippen molar-refractivity contribution in [3.63, 3.8) is 0 Å². The highest BCUT2D eigenvalue weighted by atomic mass is 32.2. The number of halogens is 3. The number of hydrogen-bond donors (Lipinski definition) is 5. The Kier molecular flexibility index (Phi) is 14.4. The molecule has 5 rings (SSSR count). The first-order chi connectivity index (χ1) is 28.2. The van der Waals surface area contributed by atoms with Crippen molar-refractivity contribution in [2.75, 3.05) is 43.6 Å². The third-order valence-corrected chi connectivity index (χ3v) is 11.0. The van der Waals surface area contributed by atoms with Crippen LogP contribution < -0.4 is 26.0 Å². The first-order valence-electron chi connectivity index (χ1n) is 19.1. The topological polar surface area (TPSA) is 203 Å². The molecule has 1 aliphatic heterocycles. The molecule has 0 bridgehead atoms. The van der Waals surface area contributed by atoms with Crippen LogP contribution in [0.3, 0.4) is 0 Å². The van der Waals surface area contributed by atoms with Crippen LogP contribution in [0.25, 0.3) is 22.4 Å². The molecule has 2 aromatic heterocycles. The van der Waals surface area contributed by atoms with Gasteiger partial charge in [0.05, 0.1) is 43.5 Å². The van der Waals surface area contributed by atoms with Gasteiger partial charge in [-0.15, -0.1) is 13.2 Å². The number of rotatable bonds is 14. The van der Waals surface area contributed by atoms with Gasteiger partial charge in [0.25, 0.3) is 5.91 Å². The Hall–Kier alpha value is -5.82. The van der Waals surface area contributed by atoms with E-state index in [2.05, 4.69) is 36.0 Å². The summed E-state index contributed by atoms with van der Waals surface area (Å²) >= 11 is -1.25. The van der Waals surface area contributed by atoms with Gasteiger partial charge >= 0.3 is 12.5 Å². The Labute approximate surface area is 348 Å². The summed E-state index contributed by atoms with van der Waals surface area (Å²) in [7, 11) is 1.21. The van der Waals surface area contributed by atoms with Gasteiger partial charge in [0.15, 0.2) is 0 Å². The number of pyridine rings is 1. The predicted molar refractivity (Wildman–Crippen MR) is 220 cm³/mol. The number of alkyl carbamates (subject to hydrolysis) is 1. The molecule has 4 atom stereocenters. The van der Waals surface area contributed by atoms with Crippen LogP contribution in [0.5, 0.6) is 5.75 Å². The molecule has 3 heterocycles. The second-order valence-corrected chi connectivity index (χ2v) is 17.2. The van der Waals surface area contributed by atoms with Crippen molar-refractivity contribution < 1.29 is 46.4 Å². The minimum Gasteiger partial charge on any atom is -0.616 e. The molecule has 1 saturated heterocycles. The van der Waals surface area contributed by atoms with E-state index >= 15 is 0 Å². The molecule has 0 radical (unpaired) electrons. The fourth-order valence-electron chi connectivity index (χ4n) is 6.41. The number of carbonyl (C=O) groups excluding carboxylic acids is 4. The minimum atomic E-state index is -5.05. The van der Waals surface area contributed by atoms with Crippen LogP contribution in [0.4, 0.5) is 29.5 Å². The van der Waals surface area contributed by atoms with Gasteiger partial charge in [-0.3, -0.25) is 14.4 Å². The highest BCUT2D eigenvalue weighted by Gasteiger charge is 2.45. The third-order valence-electron chi connectivity index (χ3n) is 9.70. The van der Waals surface area contributed by atoms with Crippen molar-refractivity contribution in [2.45, 2.75) is 64.7 Å². The highest BCUT2D eigenvalue weighted by Crippen LogP contribution is 2.38. The summed E-state index contributed by atoms with van der Waals surface area (Å²) in [6, 6.07) is 12.0. The van der Waals surface area contributed by atoms with Crippen LogP contribution in [-0.4, -0.2) is 98.9 Å². The average Bonchev–Trinajstić information content (AvgIpc) is 3.86. The van der Waals surface area contributed by atoms with Gasteiger partial charge in [0.1, 0.15) is 28.7 Å². The van der Waals surface area contributed by atoms with E-state index in [1.54, 1.807) is 67.6 Å². The van der Waals surface area contributed by atoms with Crippen LogP contribution in [-0.2, 0) is 25.5 Å². The normalized spacial score (nSPS) is 16.5. The molecule has 1 unspecified atom stereocenters. The van der Waals surface area contributed by atoms with Gasteiger partial charge in [-0.2, -0.15) is 0 Å². The Balaban J connectivity index is 1.29. The highest BCUT2D eigenvalue weighted by molar-refractivity contribution is 7.91. The maximum atomic E-state index is 13.8. The zero-order chi connectivity index (χ0) is 43.9. The zero-order valence-electron chi connectivity index (χ0n) is 34.2. The number of likely N-dealkylation sites (tertiary alicyclic amines) is 1. The van der Waals surface area contributed by atoms with E-state index in [1.807, 2.05) is 20.8 Å². The number of methoxy groups -OCH3 is 1. The van der Waals surface area contributed by atoms with Crippen LogP contribution >= 0.6 is 0 Å². The van der Waals surface area contributed by atoms with Gasteiger partial charge in [0.2, 0.25) is 11.8 Å². The van der Waals surface area contributed by atoms with E-state index < -0.39 is 52.8 Å². The number of benzene rings is 2. The number of nitrogens with zero attached hydrogens (tertiary/aromatic N) is 3. The van der Waals surface area contributed by atoms with E-state index in [1.165, 1.54) is 25.4 Å². The van der Waals surface area contributed by atoms with Gasteiger partial charge < -0.3 is 45.2 Å². The number of amides is 4. The molecule has 4 aromatic rings. The minimum absolute atomic E-state index is 0.0768. The van der Waals surface area contributed by atoms with Crippen LogP contribution in [0, 0.1) is 11.3 Å². The van der Waals surface area contributed by atoms with Gasteiger partial charge in [-0.1, -0.05) is 70.1 Å². The summed E-state index contributed by atoms with van der Waals surface area (Å²) in [6.45, 7) is 9.99. The Bertz CT molecular complexity index is 2140. The van der Waals surface area contributed by atoms with Gasteiger partial charge in [-0.25, -0.2) is 14.8 Å². The predicted octanol–water partition coefficient (Wildman–Crippen LogP) is 6.26. The summed E-state index contributed by atoms with van der Waals surface area (Å²) in [5.74, 6) is -1.08. The number of aromatic amines is 1. The second kappa shape index (κ2) is 19.1. The molecular weight excluding hydrogens is 806 g/mol. The molecule has 2 aromatic carbocycles. The van der Waals surface area contributed by atoms with Crippen molar-refractivity contribution in [1.29, 1.82) is 0 Å². The van der Waals surface area contributed by atoms with Gasteiger partial charge in [0, 0.05) is 47.8 Å². The van der Waals surface area contributed by atoms with Crippen molar-refractivity contribution in [1.82, 2.24) is 30.5 Å². The SMILES string of the molecule is COC(=O)N[C@H](C(=O)N1C[C@@H]([S+](C)[O-])C[C@H]1c1nc(-c2ccc(-c3ccc(C(=O)Nc4ccc(NCCNC(=O)C(C)(C)C)nc4)cc3OC(F)(F)F)cc2)c[nH]1)C(C)C. The quantitative estimate of drug-likeness (QED) is 0.0712. The maximum absolute atomic E-state index is 13.8. The Morgan fingerprint density at radius 3 is 2.32 bits per heavy atom. The van der Waals surface area contributed by atoms with Crippen molar-refractivity contribution in [3.05, 3.63) is 78.4 Å². The molecule has 0 spiro atoms. The lowest BCUT2D eigenvalue weighted by atomic mass is 9.96. The number of H-pyrrole nitrogens is 1. The zero-order valence-corrected chi connectivity index (χ0v) is 35.0. The molecule has 15 nitrogen and oxygen atoms in total. The maximum Gasteiger partial charge on any atom is 0.573 e. The number of imidazole rings is 1. The number of ether oxygens (including phenoxy) is 2. The van der Waals surface area contributed by atoms with Crippen molar-refractivity contribution >= 4 is 46.5 Å². The second-order valence-electron chi connectivity index (χ2n) is 15.5. The van der Waals surface area contributed by atoms with E-state index in [0.29, 0.717) is 53.7 Å². The largest absolute Gasteiger partial charge is 0.616 e. The molecule has 1 aliphatic rings. The van der Waals surface area contributed by atoms with Crippen LogP contribution in [0.15, 0.2) is 67.0 Å². The first-order valence-corrected chi connectivity index (χ1v) is 20.7. The number of aromatic nitrogens is 3. The fourth-order valence-corrected chi connectivity index (χ4v) is 7.24. The van der Waals surface area contributed by atoms with E-state index in [9.17, 15) is 36.9 Å². The molecule has 1 fully saturated rings. The Morgan fingerprint density at radius 1 is 1.02 bits per heavy atom. The lowest BCUT2D eigenvalue weighted by Gasteiger charge is -2.29. The molecule has 5 N–H and O–H groups in total. The number of anilines is 2. The first kappa shape index (κ1) is 45.3. The summed E-state index contributed by atoms with van der Waals surface area (Å²) in [4.78, 5) is 64.7. The fraction of sp³-hybridized carbons (Fsp3) is 0.415. The lowest BCUT2D eigenvalue weighted by molar-refractivity contribution is -0.274. The van der Waals surface area contributed by atoms with Crippen LogP contribution in [0.2, 0.25) is 0 Å². The summed E-state index contributed by atoms with van der Waals surface area (Å²) in [5, 5.41) is 10.8. The number of alkyl halides is 3. The van der Waals surface area contributed by atoms with Crippen molar-refractivity contribution in [2.24, 2.45) is 11.3 Å². The smallest absolute Gasteiger partial charge is 0.573 e. The molecule has 0 saturated carbocycles.